The monoisotopic (exact) mass is 386 g/mol. The van der Waals surface area contributed by atoms with Crippen LogP contribution in [0.2, 0.25) is 5.02 Å². The van der Waals surface area contributed by atoms with Gasteiger partial charge in [-0.3, -0.25) is 4.90 Å². The average Bonchev–Trinajstić information content (AvgIpc) is 2.70. The number of carbonyl (C=O) groups excluding carboxylic acids is 1. The number of amides is 2. The summed E-state index contributed by atoms with van der Waals surface area (Å²) in [4.78, 5) is 12.2. The van der Waals surface area contributed by atoms with Crippen LogP contribution in [0.15, 0.2) is 18.2 Å². The minimum atomic E-state index is -2.94. The second kappa shape index (κ2) is 8.96. The van der Waals surface area contributed by atoms with Crippen molar-refractivity contribution >= 4 is 23.3 Å². The number of carbonyl (C=O) groups is 1. The van der Waals surface area contributed by atoms with Gasteiger partial charge >= 0.3 is 6.03 Å². The lowest BCUT2D eigenvalue weighted by Gasteiger charge is -2.37. The summed E-state index contributed by atoms with van der Waals surface area (Å²) in [5.41, 5.74) is 5.60. The van der Waals surface area contributed by atoms with E-state index in [0.29, 0.717) is 34.6 Å². The van der Waals surface area contributed by atoms with Crippen LogP contribution < -0.4 is 16.0 Å². The van der Waals surface area contributed by atoms with Gasteiger partial charge in [0.05, 0.1) is 16.2 Å². The summed E-state index contributed by atoms with van der Waals surface area (Å²) in [6, 6.07) is 3.96. The van der Waals surface area contributed by atoms with Crippen LogP contribution in [0.25, 0.3) is 0 Å². The first-order chi connectivity index (χ1) is 15.5. The van der Waals surface area contributed by atoms with Crippen LogP contribution in [0.1, 0.15) is 48.6 Å². The van der Waals surface area contributed by atoms with E-state index in [9.17, 15) is 4.79 Å². The highest BCUT2D eigenvalue weighted by Gasteiger charge is 2.24. The van der Waals surface area contributed by atoms with E-state index in [1.807, 2.05) is 0 Å². The molecule has 2 aliphatic rings. The van der Waals surface area contributed by atoms with E-state index in [0.717, 1.165) is 12.8 Å². The predicted octanol–water partition coefficient (Wildman–Crippen LogP) is 3.39. The number of benzene rings is 1. The Morgan fingerprint density at radius 3 is 2.62 bits per heavy atom. The van der Waals surface area contributed by atoms with Gasteiger partial charge in [0.25, 0.3) is 0 Å². The molecule has 2 fully saturated rings. The molecule has 0 unspecified atom stereocenters. The predicted molar refractivity (Wildman–Crippen MR) is 108 cm³/mol. The molecule has 3 rings (SSSR count). The van der Waals surface area contributed by atoms with Gasteiger partial charge in [-0.1, -0.05) is 23.7 Å². The quantitative estimate of drug-likeness (QED) is 0.815. The summed E-state index contributed by atoms with van der Waals surface area (Å²) < 4.78 is 69.0. The van der Waals surface area contributed by atoms with Crippen LogP contribution in [-0.2, 0) is 0 Å². The molecule has 1 aliphatic carbocycles. The summed E-state index contributed by atoms with van der Waals surface area (Å²) in [6.07, 6.45) is 3.17. The topological polar surface area (TPSA) is 61.6 Å². The zero-order valence-electron chi connectivity index (χ0n) is 22.9. The largest absolute Gasteiger partial charge is 0.368 e. The molecule has 1 heterocycles. The fraction of sp³-hybridized carbons (Fsp3) is 0.650. The first-order valence-corrected chi connectivity index (χ1v) is 9.32. The Hall–Kier alpha value is -1.46. The average molecular weight is 387 g/mol. The van der Waals surface area contributed by atoms with Gasteiger partial charge < -0.3 is 16.0 Å². The van der Waals surface area contributed by atoms with Gasteiger partial charge in [0.2, 0.25) is 0 Å². The number of nitrogens with one attached hydrogen (secondary N) is 1. The van der Waals surface area contributed by atoms with Gasteiger partial charge in [-0.2, -0.15) is 0 Å². The molecule has 2 amide bonds. The van der Waals surface area contributed by atoms with E-state index in [2.05, 4.69) is 5.32 Å². The van der Waals surface area contributed by atoms with Crippen molar-refractivity contribution in [3.8, 4) is 0 Å². The van der Waals surface area contributed by atoms with Gasteiger partial charge in [0.15, 0.2) is 0 Å². The highest BCUT2D eigenvalue weighted by atomic mass is 35.5. The van der Waals surface area contributed by atoms with Crippen LogP contribution in [0.3, 0.4) is 0 Å². The van der Waals surface area contributed by atoms with Gasteiger partial charge in [-0.25, -0.2) is 4.79 Å². The van der Waals surface area contributed by atoms with Crippen molar-refractivity contribution in [3.63, 3.8) is 0 Å². The molecule has 0 bridgehead atoms. The van der Waals surface area contributed by atoms with E-state index >= 15 is 0 Å². The lowest BCUT2D eigenvalue weighted by atomic mass is 9.84. The third-order valence-corrected chi connectivity index (χ3v) is 5.45. The van der Waals surface area contributed by atoms with Crippen LogP contribution >= 0.6 is 11.6 Å². The van der Waals surface area contributed by atoms with Crippen molar-refractivity contribution in [1.29, 1.82) is 0 Å². The first-order valence-electron chi connectivity index (χ1n) is 12.9. The molecule has 0 radical (unpaired) electrons. The molecule has 6 heteroatoms. The van der Waals surface area contributed by atoms with Crippen LogP contribution in [-0.4, -0.2) is 49.5 Å². The van der Waals surface area contributed by atoms with Crippen molar-refractivity contribution in [2.45, 2.75) is 45.1 Å². The van der Waals surface area contributed by atoms with Gasteiger partial charge in [-0.15, -0.1) is 0 Å². The van der Waals surface area contributed by atoms with E-state index in [1.165, 1.54) is 6.07 Å². The maximum absolute atomic E-state index is 11.1. The zero-order chi connectivity index (χ0) is 25.7. The number of urea groups is 1. The van der Waals surface area contributed by atoms with Crippen molar-refractivity contribution < 1.29 is 15.8 Å². The summed E-state index contributed by atoms with van der Waals surface area (Å²) in [5, 5.41) is 2.72. The standard InChI is InChI=1S/C20H31ClN4O/c1-15-3-2-4-18(19(15)21)25-13-11-24(12-14-25)10-9-16-5-7-17(8-6-16)23-20(22)26/h2-4,16-17H,5-14H2,1H3,(H3,22,23,26)/t16-,17-/i11D2,12D2,13D2,14D2. The number of nitrogens with two attached hydrogens (primary N) is 1. The Balaban J connectivity index is 1.87. The van der Waals surface area contributed by atoms with Crippen molar-refractivity contribution in [1.82, 2.24) is 10.2 Å². The molecule has 1 saturated carbocycles. The third-order valence-electron chi connectivity index (χ3n) is 4.96. The number of piperazine rings is 1. The number of rotatable bonds is 5. The van der Waals surface area contributed by atoms with Gasteiger partial charge in [0, 0.05) is 37.5 Å². The number of anilines is 1. The number of aryl methyl sites for hydroxylation is 1. The zero-order valence-corrected chi connectivity index (χ0v) is 15.6. The van der Waals surface area contributed by atoms with E-state index in [-0.39, 0.29) is 29.2 Å². The van der Waals surface area contributed by atoms with Crippen LogP contribution in [0.5, 0.6) is 0 Å². The molecule has 144 valence electrons. The smallest absolute Gasteiger partial charge is 0.312 e. The fourth-order valence-corrected chi connectivity index (χ4v) is 3.63. The minimum Gasteiger partial charge on any atom is -0.368 e. The lowest BCUT2D eigenvalue weighted by Crippen LogP contribution is -2.47. The Morgan fingerprint density at radius 2 is 1.96 bits per heavy atom. The first kappa shape index (κ1) is 11.4. The number of primary amides is 1. The fourth-order valence-electron chi connectivity index (χ4n) is 3.42. The van der Waals surface area contributed by atoms with Crippen LogP contribution in [0.4, 0.5) is 10.5 Å². The SMILES string of the molecule is [2H]C1([2H])N(CC[C@H]2CC[C@H](NC(N)=O)CC2)C([2H])([2H])C([2H])([2H])N(c2cccc(C)c2Cl)C1([2H])[2H]. The summed E-state index contributed by atoms with van der Waals surface area (Å²) in [5.74, 6) is 0.110. The Labute approximate surface area is 173 Å². The van der Waals surface area contributed by atoms with Crippen molar-refractivity contribution in [3.05, 3.63) is 28.8 Å². The minimum absolute atomic E-state index is 0.0301. The van der Waals surface area contributed by atoms with Gasteiger partial charge in [-0.05, 0) is 63.1 Å². The number of nitrogens with zero attached hydrogens (tertiary/aromatic N) is 2. The molecule has 26 heavy (non-hydrogen) atoms. The molecule has 3 N–H and O–H groups in total. The maximum Gasteiger partial charge on any atom is 0.312 e. The lowest BCUT2D eigenvalue weighted by molar-refractivity contribution is 0.207. The third kappa shape index (κ3) is 5.04. The number of hydrogen-bond donors (Lipinski definition) is 2. The van der Waals surface area contributed by atoms with E-state index in [1.54, 1.807) is 19.1 Å². The van der Waals surface area contributed by atoms with Crippen molar-refractivity contribution in [2.24, 2.45) is 11.7 Å². The Bertz CT molecular complexity index is 896. The maximum atomic E-state index is 11.1. The number of halogens is 1. The van der Waals surface area contributed by atoms with Crippen LogP contribution in [0, 0.1) is 12.8 Å². The summed E-state index contributed by atoms with van der Waals surface area (Å²) >= 11 is 6.34. The normalized spacial score (nSPS) is 36.8. The molecule has 5 nitrogen and oxygen atoms in total. The van der Waals surface area contributed by atoms with Gasteiger partial charge in [0.1, 0.15) is 0 Å². The molecule has 0 atom stereocenters. The molecule has 1 aromatic carbocycles. The van der Waals surface area contributed by atoms with E-state index < -0.39 is 32.0 Å². The highest BCUT2D eigenvalue weighted by molar-refractivity contribution is 6.34. The highest BCUT2D eigenvalue weighted by Crippen LogP contribution is 2.30. The summed E-state index contributed by atoms with van der Waals surface area (Å²) in [6.45, 7) is -10.2. The summed E-state index contributed by atoms with van der Waals surface area (Å²) in [7, 11) is 0. The molecular weight excluding hydrogens is 348 g/mol. The molecule has 1 aromatic rings. The van der Waals surface area contributed by atoms with E-state index in [4.69, 9.17) is 28.3 Å². The van der Waals surface area contributed by atoms with Crippen molar-refractivity contribution in [2.75, 3.05) is 37.4 Å². The molecule has 1 saturated heterocycles. The molecule has 0 aromatic heterocycles. The Morgan fingerprint density at radius 1 is 1.27 bits per heavy atom. The number of hydrogen-bond acceptors (Lipinski definition) is 3. The molecule has 0 spiro atoms. The molecule has 1 aliphatic heterocycles. The second-order valence-electron chi connectivity index (χ2n) is 6.86. The Kier molecular flexibility index (Phi) is 3.93. The second-order valence-corrected chi connectivity index (χ2v) is 7.24. The molecular formula is C20H31ClN4O.